The number of amides is 1. The first-order valence-corrected chi connectivity index (χ1v) is 6.83. The van der Waals surface area contributed by atoms with E-state index in [1.54, 1.807) is 6.07 Å². The molecule has 1 aromatic rings. The highest BCUT2D eigenvalue weighted by atomic mass is 79.9. The maximum atomic E-state index is 13.0. The van der Waals surface area contributed by atoms with Crippen LogP contribution in [0.15, 0.2) is 22.7 Å². The van der Waals surface area contributed by atoms with E-state index < -0.39 is 0 Å². The van der Waals surface area contributed by atoms with Crippen molar-refractivity contribution in [2.75, 3.05) is 13.1 Å². The van der Waals surface area contributed by atoms with Gasteiger partial charge < -0.3 is 10.2 Å². The quantitative estimate of drug-likeness (QED) is 0.908. The maximum absolute atomic E-state index is 13.0. The number of halogens is 2. The fourth-order valence-electron chi connectivity index (χ4n) is 2.07. The Morgan fingerprint density at radius 1 is 1.56 bits per heavy atom. The van der Waals surface area contributed by atoms with E-state index in [-0.39, 0.29) is 17.8 Å². The second-order valence-corrected chi connectivity index (χ2v) is 5.38. The zero-order chi connectivity index (χ0) is 13.1. The smallest absolute Gasteiger partial charge is 0.239 e. The number of rotatable bonds is 2. The van der Waals surface area contributed by atoms with Crippen LogP contribution in [-0.4, -0.2) is 29.9 Å². The van der Waals surface area contributed by atoms with Crippen molar-refractivity contribution in [3.8, 4) is 0 Å². The molecule has 1 unspecified atom stereocenters. The van der Waals surface area contributed by atoms with E-state index in [1.165, 1.54) is 12.1 Å². The Balaban J connectivity index is 2.14. The summed E-state index contributed by atoms with van der Waals surface area (Å²) in [7, 11) is 0. The van der Waals surface area contributed by atoms with Gasteiger partial charge in [0.15, 0.2) is 0 Å². The van der Waals surface area contributed by atoms with Crippen LogP contribution in [0.1, 0.15) is 18.9 Å². The largest absolute Gasteiger partial charge is 0.337 e. The molecular weight excluding hydrogens is 299 g/mol. The summed E-state index contributed by atoms with van der Waals surface area (Å²) in [6.45, 7) is 3.99. The number of nitrogens with zero attached hydrogens (tertiary/aromatic N) is 1. The van der Waals surface area contributed by atoms with E-state index in [0.717, 1.165) is 25.1 Å². The highest BCUT2D eigenvalue weighted by Crippen LogP contribution is 2.20. The molecule has 2 rings (SSSR count). The molecule has 1 fully saturated rings. The van der Waals surface area contributed by atoms with Crippen molar-refractivity contribution in [1.82, 2.24) is 10.2 Å². The lowest BCUT2D eigenvalue weighted by atomic mass is 10.2. The molecule has 1 aliphatic rings. The Labute approximate surface area is 114 Å². The van der Waals surface area contributed by atoms with Gasteiger partial charge >= 0.3 is 0 Å². The van der Waals surface area contributed by atoms with Gasteiger partial charge in [-0.15, -0.1) is 0 Å². The summed E-state index contributed by atoms with van der Waals surface area (Å²) in [5, 5.41) is 3.17. The third-order valence-electron chi connectivity index (χ3n) is 3.11. The van der Waals surface area contributed by atoms with Gasteiger partial charge in [0, 0.05) is 17.6 Å². The minimum Gasteiger partial charge on any atom is -0.337 e. The molecule has 5 heteroatoms. The van der Waals surface area contributed by atoms with Crippen LogP contribution < -0.4 is 5.32 Å². The fourth-order valence-corrected chi connectivity index (χ4v) is 2.55. The molecule has 0 spiro atoms. The summed E-state index contributed by atoms with van der Waals surface area (Å²) in [6, 6.07) is 4.42. The number of nitrogens with one attached hydrogen (secondary N) is 1. The van der Waals surface area contributed by atoms with Crippen LogP contribution in [0.2, 0.25) is 0 Å². The Morgan fingerprint density at radius 3 is 3.06 bits per heavy atom. The number of carbonyl (C=O) groups is 1. The van der Waals surface area contributed by atoms with Gasteiger partial charge in [0.25, 0.3) is 0 Å². The van der Waals surface area contributed by atoms with Gasteiger partial charge in [0.2, 0.25) is 5.91 Å². The van der Waals surface area contributed by atoms with Crippen LogP contribution >= 0.6 is 15.9 Å². The molecule has 1 aliphatic heterocycles. The van der Waals surface area contributed by atoms with Gasteiger partial charge in [-0.05, 0) is 37.6 Å². The molecule has 1 aromatic carbocycles. The standard InChI is InChI=1S/C13H16BrFN2O/c1-9-13(18)17(6-2-5-16-9)8-10-3-4-11(15)7-12(10)14/h3-4,7,9,16H,2,5-6,8H2,1H3. The SMILES string of the molecule is CC1NCCCN(Cc2ccc(F)cc2Br)C1=O. The van der Waals surface area contributed by atoms with E-state index >= 15 is 0 Å². The monoisotopic (exact) mass is 314 g/mol. The summed E-state index contributed by atoms with van der Waals surface area (Å²) in [5.41, 5.74) is 0.929. The molecule has 0 aromatic heterocycles. The molecule has 1 saturated heterocycles. The van der Waals surface area contributed by atoms with Crippen LogP contribution in [0.3, 0.4) is 0 Å². The molecule has 1 atom stereocenters. The average molecular weight is 315 g/mol. The Bertz CT molecular complexity index is 453. The number of hydrogen-bond acceptors (Lipinski definition) is 2. The normalized spacial score (nSPS) is 20.9. The topological polar surface area (TPSA) is 32.3 Å². The van der Waals surface area contributed by atoms with E-state index in [1.807, 2.05) is 11.8 Å². The Morgan fingerprint density at radius 2 is 2.33 bits per heavy atom. The molecule has 98 valence electrons. The third-order valence-corrected chi connectivity index (χ3v) is 3.85. The predicted molar refractivity (Wildman–Crippen MR) is 71.6 cm³/mol. The van der Waals surface area contributed by atoms with E-state index in [0.29, 0.717) is 11.0 Å². The van der Waals surface area contributed by atoms with Gasteiger partial charge in [0.1, 0.15) is 5.82 Å². The first-order chi connectivity index (χ1) is 8.58. The van der Waals surface area contributed by atoms with E-state index in [4.69, 9.17) is 0 Å². The molecule has 18 heavy (non-hydrogen) atoms. The highest BCUT2D eigenvalue weighted by molar-refractivity contribution is 9.10. The third kappa shape index (κ3) is 3.09. The average Bonchev–Trinajstić information content (AvgIpc) is 2.48. The predicted octanol–water partition coefficient (Wildman–Crippen LogP) is 2.30. The van der Waals surface area contributed by atoms with Crippen molar-refractivity contribution in [2.24, 2.45) is 0 Å². The van der Waals surface area contributed by atoms with Crippen LogP contribution in [0.25, 0.3) is 0 Å². The van der Waals surface area contributed by atoms with Gasteiger partial charge in [-0.1, -0.05) is 22.0 Å². The van der Waals surface area contributed by atoms with Crippen molar-refractivity contribution < 1.29 is 9.18 Å². The molecule has 0 radical (unpaired) electrons. The molecule has 0 saturated carbocycles. The van der Waals surface area contributed by atoms with Crippen LogP contribution in [0, 0.1) is 5.82 Å². The molecule has 0 aliphatic carbocycles. The van der Waals surface area contributed by atoms with Crippen LogP contribution in [0.4, 0.5) is 4.39 Å². The summed E-state index contributed by atoms with van der Waals surface area (Å²) in [5.74, 6) is -0.174. The minimum atomic E-state index is -0.275. The first kappa shape index (κ1) is 13.5. The molecule has 1 heterocycles. The number of benzene rings is 1. The lowest BCUT2D eigenvalue weighted by Crippen LogP contribution is -2.41. The van der Waals surface area contributed by atoms with Gasteiger partial charge in [-0.25, -0.2) is 4.39 Å². The molecule has 3 nitrogen and oxygen atoms in total. The van der Waals surface area contributed by atoms with E-state index in [2.05, 4.69) is 21.2 Å². The van der Waals surface area contributed by atoms with E-state index in [9.17, 15) is 9.18 Å². The highest BCUT2D eigenvalue weighted by Gasteiger charge is 2.23. The van der Waals surface area contributed by atoms with Crippen molar-refractivity contribution in [2.45, 2.75) is 25.9 Å². The molecule has 0 bridgehead atoms. The summed E-state index contributed by atoms with van der Waals surface area (Å²) in [4.78, 5) is 13.9. The van der Waals surface area contributed by atoms with Crippen molar-refractivity contribution >= 4 is 21.8 Å². The van der Waals surface area contributed by atoms with Crippen LogP contribution in [0.5, 0.6) is 0 Å². The Hall–Kier alpha value is -0.940. The summed E-state index contributed by atoms with van der Waals surface area (Å²) in [6.07, 6.45) is 0.939. The van der Waals surface area contributed by atoms with Crippen LogP contribution in [-0.2, 0) is 11.3 Å². The minimum absolute atomic E-state index is 0.101. The number of carbonyl (C=O) groups excluding carboxylic acids is 1. The zero-order valence-corrected chi connectivity index (χ0v) is 11.8. The fraction of sp³-hybridized carbons (Fsp3) is 0.462. The van der Waals surface area contributed by atoms with Gasteiger partial charge in [-0.2, -0.15) is 0 Å². The zero-order valence-electron chi connectivity index (χ0n) is 10.2. The molecular formula is C13H16BrFN2O. The molecule has 1 N–H and O–H groups in total. The lowest BCUT2D eigenvalue weighted by Gasteiger charge is -2.23. The second kappa shape index (κ2) is 5.80. The maximum Gasteiger partial charge on any atom is 0.239 e. The van der Waals surface area contributed by atoms with Gasteiger partial charge in [-0.3, -0.25) is 4.79 Å². The lowest BCUT2D eigenvalue weighted by molar-refractivity contribution is -0.132. The van der Waals surface area contributed by atoms with Crippen molar-refractivity contribution in [3.05, 3.63) is 34.1 Å². The number of hydrogen-bond donors (Lipinski definition) is 1. The summed E-state index contributed by atoms with van der Waals surface area (Å²) >= 11 is 3.33. The molecule has 1 amide bonds. The summed E-state index contributed by atoms with van der Waals surface area (Å²) < 4.78 is 13.7. The second-order valence-electron chi connectivity index (χ2n) is 4.52. The first-order valence-electron chi connectivity index (χ1n) is 6.04. The Kier molecular flexibility index (Phi) is 4.35. The van der Waals surface area contributed by atoms with Crippen molar-refractivity contribution in [1.29, 1.82) is 0 Å². The van der Waals surface area contributed by atoms with Crippen molar-refractivity contribution in [3.63, 3.8) is 0 Å². The van der Waals surface area contributed by atoms with Gasteiger partial charge in [0.05, 0.1) is 6.04 Å².